The van der Waals surface area contributed by atoms with Crippen LogP contribution in [0.1, 0.15) is 46.0 Å². The topological polar surface area (TPSA) is 23.1 Å². The summed E-state index contributed by atoms with van der Waals surface area (Å²) in [5, 5.41) is 0.280. The standard InChI is InChI=1S/C13H22OS/c1-3-4-5-6-9-13-10-7-8-11-15(14)12(13)2/h4-5,9,12H,3,6-8,10-11H2,1-2H3/b5-4-,13-9-. The fourth-order valence-corrected chi connectivity index (χ4v) is 3.27. The first kappa shape index (κ1) is 12.9. The second-order valence-electron chi connectivity index (χ2n) is 4.08. The molecular formula is C13H22OS. The molecule has 0 spiro atoms. The summed E-state index contributed by atoms with van der Waals surface area (Å²) in [6.45, 7) is 4.25. The minimum atomic E-state index is -0.632. The predicted octanol–water partition coefficient (Wildman–Crippen LogP) is 3.59. The largest absolute Gasteiger partial charge is 0.616 e. The van der Waals surface area contributed by atoms with E-state index in [-0.39, 0.29) is 5.25 Å². The van der Waals surface area contributed by atoms with E-state index < -0.39 is 11.2 Å². The number of hydrogen-bond acceptors (Lipinski definition) is 1. The fraction of sp³-hybridized carbons (Fsp3) is 0.692. The fourth-order valence-electron chi connectivity index (χ4n) is 1.87. The highest BCUT2D eigenvalue weighted by molar-refractivity contribution is 7.92. The van der Waals surface area contributed by atoms with Crippen molar-refractivity contribution in [1.82, 2.24) is 0 Å². The summed E-state index contributed by atoms with van der Waals surface area (Å²) < 4.78 is 11.8. The van der Waals surface area contributed by atoms with Gasteiger partial charge in [0.2, 0.25) is 0 Å². The van der Waals surface area contributed by atoms with E-state index >= 15 is 0 Å². The average molecular weight is 226 g/mol. The quantitative estimate of drug-likeness (QED) is 0.533. The molecule has 2 atom stereocenters. The Balaban J connectivity index is 2.52. The van der Waals surface area contributed by atoms with Crippen molar-refractivity contribution in [3.05, 3.63) is 23.8 Å². The van der Waals surface area contributed by atoms with Crippen molar-refractivity contribution in [2.24, 2.45) is 0 Å². The van der Waals surface area contributed by atoms with Crippen LogP contribution in [0.25, 0.3) is 0 Å². The molecule has 1 aliphatic rings. The van der Waals surface area contributed by atoms with Crippen molar-refractivity contribution in [2.75, 3.05) is 5.75 Å². The van der Waals surface area contributed by atoms with Gasteiger partial charge in [0.05, 0.1) is 0 Å². The predicted molar refractivity (Wildman–Crippen MR) is 68.5 cm³/mol. The smallest absolute Gasteiger partial charge is 0.133 e. The van der Waals surface area contributed by atoms with Crippen molar-refractivity contribution in [3.8, 4) is 0 Å². The summed E-state index contributed by atoms with van der Waals surface area (Å²) in [5.41, 5.74) is 1.41. The van der Waals surface area contributed by atoms with E-state index in [4.69, 9.17) is 0 Å². The van der Waals surface area contributed by atoms with Crippen molar-refractivity contribution in [3.63, 3.8) is 0 Å². The van der Waals surface area contributed by atoms with E-state index in [9.17, 15) is 4.55 Å². The van der Waals surface area contributed by atoms with E-state index in [1.54, 1.807) is 0 Å². The van der Waals surface area contributed by atoms with Gasteiger partial charge in [-0.2, -0.15) is 0 Å². The number of rotatable bonds is 3. The molecular weight excluding hydrogens is 204 g/mol. The Bertz CT molecular complexity index is 233. The molecule has 0 amide bonds. The Morgan fingerprint density at radius 2 is 2.20 bits per heavy atom. The van der Waals surface area contributed by atoms with Gasteiger partial charge in [-0.3, -0.25) is 0 Å². The molecule has 2 unspecified atom stereocenters. The van der Waals surface area contributed by atoms with Crippen LogP contribution in [0, 0.1) is 0 Å². The molecule has 2 heteroatoms. The first-order valence-electron chi connectivity index (χ1n) is 5.96. The van der Waals surface area contributed by atoms with Gasteiger partial charge in [0.25, 0.3) is 0 Å². The van der Waals surface area contributed by atoms with Crippen LogP contribution in [-0.4, -0.2) is 15.6 Å². The van der Waals surface area contributed by atoms with Gasteiger partial charge in [-0.25, -0.2) is 0 Å². The Kier molecular flexibility index (Phi) is 6.11. The van der Waals surface area contributed by atoms with Crippen LogP contribution >= 0.6 is 0 Å². The van der Waals surface area contributed by atoms with Gasteiger partial charge in [-0.15, -0.1) is 0 Å². The molecule has 1 rings (SSSR count). The third kappa shape index (κ3) is 4.43. The molecule has 1 aliphatic heterocycles. The van der Waals surface area contributed by atoms with Crippen LogP contribution in [0.5, 0.6) is 0 Å². The Morgan fingerprint density at radius 1 is 1.40 bits per heavy atom. The summed E-state index contributed by atoms with van der Waals surface area (Å²) in [5.74, 6) is 0.892. The zero-order valence-corrected chi connectivity index (χ0v) is 10.7. The zero-order valence-electron chi connectivity index (χ0n) is 9.87. The molecule has 1 saturated heterocycles. The monoisotopic (exact) mass is 226 g/mol. The highest BCUT2D eigenvalue weighted by atomic mass is 32.2. The third-order valence-corrected chi connectivity index (χ3v) is 4.68. The van der Waals surface area contributed by atoms with Crippen LogP contribution in [-0.2, 0) is 11.2 Å². The minimum Gasteiger partial charge on any atom is -0.616 e. The Morgan fingerprint density at radius 3 is 2.93 bits per heavy atom. The molecule has 0 N–H and O–H groups in total. The summed E-state index contributed by atoms with van der Waals surface area (Å²) >= 11 is -0.632. The lowest BCUT2D eigenvalue weighted by atomic mass is 10.0. The second kappa shape index (κ2) is 7.13. The summed E-state index contributed by atoms with van der Waals surface area (Å²) in [7, 11) is 0. The molecule has 0 aromatic rings. The van der Waals surface area contributed by atoms with Crippen LogP contribution < -0.4 is 0 Å². The molecule has 0 aromatic heterocycles. The maximum atomic E-state index is 11.8. The van der Waals surface area contributed by atoms with Gasteiger partial charge in [0.15, 0.2) is 0 Å². The van der Waals surface area contributed by atoms with Gasteiger partial charge in [0.1, 0.15) is 11.0 Å². The van der Waals surface area contributed by atoms with Gasteiger partial charge < -0.3 is 4.55 Å². The highest BCUT2D eigenvalue weighted by Gasteiger charge is 2.23. The van der Waals surface area contributed by atoms with Crippen molar-refractivity contribution >= 4 is 11.2 Å². The Labute approximate surface area is 96.8 Å². The summed E-state index contributed by atoms with van der Waals surface area (Å²) in [6.07, 6.45) is 12.3. The molecule has 86 valence electrons. The highest BCUT2D eigenvalue weighted by Crippen LogP contribution is 2.24. The molecule has 0 aliphatic carbocycles. The molecule has 0 saturated carbocycles. The van der Waals surface area contributed by atoms with E-state index in [0.29, 0.717) is 0 Å². The van der Waals surface area contributed by atoms with Crippen molar-refractivity contribution in [1.29, 1.82) is 0 Å². The van der Waals surface area contributed by atoms with Gasteiger partial charge in [0, 0.05) is 0 Å². The summed E-state index contributed by atoms with van der Waals surface area (Å²) in [4.78, 5) is 0. The maximum absolute atomic E-state index is 11.8. The normalized spacial score (nSPS) is 31.0. The van der Waals surface area contributed by atoms with E-state index in [1.807, 2.05) is 0 Å². The van der Waals surface area contributed by atoms with Crippen LogP contribution in [0.2, 0.25) is 0 Å². The minimum absolute atomic E-state index is 0.280. The Hall–Kier alpha value is -0.210. The summed E-state index contributed by atoms with van der Waals surface area (Å²) in [6, 6.07) is 0. The lowest BCUT2D eigenvalue weighted by molar-refractivity contribution is 0.588. The molecule has 1 heterocycles. The first-order valence-corrected chi connectivity index (χ1v) is 7.35. The number of allylic oxidation sites excluding steroid dienone is 3. The second-order valence-corrected chi connectivity index (χ2v) is 5.96. The van der Waals surface area contributed by atoms with Crippen LogP contribution in [0.4, 0.5) is 0 Å². The zero-order chi connectivity index (χ0) is 11.1. The molecule has 0 bridgehead atoms. The SMILES string of the molecule is CC/C=C\C/C=C1/CCCC[S+]([O-])C1C. The van der Waals surface area contributed by atoms with Crippen LogP contribution in [0.3, 0.4) is 0 Å². The molecule has 0 radical (unpaired) electrons. The van der Waals surface area contributed by atoms with Gasteiger partial charge >= 0.3 is 0 Å². The van der Waals surface area contributed by atoms with E-state index in [0.717, 1.165) is 31.4 Å². The maximum Gasteiger partial charge on any atom is 0.133 e. The molecule has 1 nitrogen and oxygen atoms in total. The third-order valence-electron chi connectivity index (χ3n) is 2.90. The van der Waals surface area contributed by atoms with Gasteiger partial charge in [-0.1, -0.05) is 25.2 Å². The lowest BCUT2D eigenvalue weighted by Crippen LogP contribution is -2.20. The van der Waals surface area contributed by atoms with Crippen molar-refractivity contribution in [2.45, 2.75) is 51.2 Å². The molecule has 0 aromatic carbocycles. The molecule has 1 fully saturated rings. The lowest BCUT2D eigenvalue weighted by Gasteiger charge is -2.17. The van der Waals surface area contributed by atoms with E-state index in [1.165, 1.54) is 12.0 Å². The number of hydrogen-bond donors (Lipinski definition) is 0. The van der Waals surface area contributed by atoms with Crippen molar-refractivity contribution < 1.29 is 4.55 Å². The van der Waals surface area contributed by atoms with Gasteiger partial charge in [-0.05, 0) is 55.8 Å². The first-order chi connectivity index (χ1) is 7.25. The van der Waals surface area contributed by atoms with E-state index in [2.05, 4.69) is 32.1 Å². The molecule has 15 heavy (non-hydrogen) atoms. The van der Waals surface area contributed by atoms with Crippen LogP contribution in [0.15, 0.2) is 23.8 Å². The average Bonchev–Trinajstić information content (AvgIpc) is 2.39.